The second kappa shape index (κ2) is 4.33. The zero-order valence-corrected chi connectivity index (χ0v) is 9.66. The number of hydrogen-bond acceptors (Lipinski definition) is 4. The van der Waals surface area contributed by atoms with Crippen molar-refractivity contribution in [2.75, 3.05) is 20.1 Å². The number of nitrogens with zero attached hydrogens (tertiary/aromatic N) is 3. The monoisotopic (exact) mass is 227 g/mol. The maximum atomic E-state index is 5.78. The highest BCUT2D eigenvalue weighted by molar-refractivity contribution is 6.28. The average Bonchev–Trinajstić information content (AvgIpc) is 2.58. The van der Waals surface area contributed by atoms with E-state index < -0.39 is 0 Å². The normalized spacial score (nSPS) is 21.9. The summed E-state index contributed by atoms with van der Waals surface area (Å²) in [5, 5.41) is 0.238. The summed E-state index contributed by atoms with van der Waals surface area (Å²) in [6, 6.07) is 0. The van der Waals surface area contributed by atoms with Crippen LogP contribution < -0.4 is 4.74 Å². The van der Waals surface area contributed by atoms with Crippen LogP contribution in [0.15, 0.2) is 6.20 Å². The van der Waals surface area contributed by atoms with Gasteiger partial charge >= 0.3 is 0 Å². The molecule has 0 bridgehead atoms. The molecular weight excluding hydrogens is 214 g/mol. The van der Waals surface area contributed by atoms with E-state index in [1.54, 1.807) is 6.20 Å². The predicted octanol–water partition coefficient (Wildman–Crippen LogP) is 1.52. The molecule has 1 atom stereocenters. The van der Waals surface area contributed by atoms with Gasteiger partial charge in [-0.2, -0.15) is 4.98 Å². The third kappa shape index (κ3) is 2.58. The van der Waals surface area contributed by atoms with Crippen LogP contribution in [0.4, 0.5) is 0 Å². The van der Waals surface area contributed by atoms with Crippen molar-refractivity contribution in [1.82, 2.24) is 14.9 Å². The number of aromatic nitrogens is 2. The smallest absolute Gasteiger partial charge is 0.225 e. The summed E-state index contributed by atoms with van der Waals surface area (Å²) in [4.78, 5) is 10.2. The molecule has 0 aromatic carbocycles. The summed E-state index contributed by atoms with van der Waals surface area (Å²) in [5.41, 5.74) is 0.925. The zero-order valence-electron chi connectivity index (χ0n) is 8.90. The van der Waals surface area contributed by atoms with E-state index in [1.807, 2.05) is 6.92 Å². The van der Waals surface area contributed by atoms with Gasteiger partial charge in [0.25, 0.3) is 0 Å². The second-order valence-corrected chi connectivity index (χ2v) is 4.26. The second-order valence-electron chi connectivity index (χ2n) is 3.92. The largest absolute Gasteiger partial charge is 0.473 e. The third-order valence-corrected chi connectivity index (χ3v) is 2.70. The molecule has 0 amide bonds. The van der Waals surface area contributed by atoms with Crippen molar-refractivity contribution < 1.29 is 4.74 Å². The highest BCUT2D eigenvalue weighted by atomic mass is 35.5. The van der Waals surface area contributed by atoms with Crippen LogP contribution in [0.3, 0.4) is 0 Å². The summed E-state index contributed by atoms with van der Waals surface area (Å²) in [7, 11) is 2.09. The Morgan fingerprint density at radius 2 is 2.40 bits per heavy atom. The molecule has 0 saturated carbocycles. The van der Waals surface area contributed by atoms with Gasteiger partial charge in [-0.1, -0.05) is 0 Å². The van der Waals surface area contributed by atoms with Crippen LogP contribution in [-0.4, -0.2) is 41.1 Å². The molecule has 4 nitrogen and oxygen atoms in total. The third-order valence-electron chi connectivity index (χ3n) is 2.52. The van der Waals surface area contributed by atoms with Crippen molar-refractivity contribution in [2.45, 2.75) is 19.4 Å². The lowest BCUT2D eigenvalue weighted by Crippen LogP contribution is -2.22. The van der Waals surface area contributed by atoms with Gasteiger partial charge in [0.15, 0.2) is 0 Å². The van der Waals surface area contributed by atoms with Crippen molar-refractivity contribution in [3.8, 4) is 5.88 Å². The van der Waals surface area contributed by atoms with Crippen LogP contribution in [0.1, 0.15) is 12.0 Å². The first-order valence-electron chi connectivity index (χ1n) is 4.99. The number of hydrogen-bond donors (Lipinski definition) is 0. The summed E-state index contributed by atoms with van der Waals surface area (Å²) in [6.45, 7) is 3.94. The molecule has 82 valence electrons. The van der Waals surface area contributed by atoms with E-state index in [-0.39, 0.29) is 11.4 Å². The Bertz CT molecular complexity index is 359. The van der Waals surface area contributed by atoms with Gasteiger partial charge in [0.2, 0.25) is 11.2 Å². The molecule has 1 aliphatic heterocycles. The molecule has 1 unspecified atom stereocenters. The minimum atomic E-state index is 0.222. The topological polar surface area (TPSA) is 38.3 Å². The molecule has 0 N–H and O–H groups in total. The van der Waals surface area contributed by atoms with Crippen molar-refractivity contribution in [3.05, 3.63) is 17.0 Å². The van der Waals surface area contributed by atoms with E-state index in [1.165, 1.54) is 0 Å². The SMILES string of the molecule is Cc1cnc(Cl)nc1OC1CCN(C)C1. The first-order valence-corrected chi connectivity index (χ1v) is 5.37. The standard InChI is InChI=1S/C10H14ClN3O/c1-7-5-12-10(11)13-9(7)15-8-3-4-14(2)6-8/h5,8H,3-4,6H2,1-2H3. The molecule has 2 rings (SSSR count). The molecule has 1 saturated heterocycles. The van der Waals surface area contributed by atoms with Crippen molar-refractivity contribution in [2.24, 2.45) is 0 Å². The fourth-order valence-corrected chi connectivity index (χ4v) is 1.80. The van der Waals surface area contributed by atoms with Crippen LogP contribution in [0.25, 0.3) is 0 Å². The Balaban J connectivity index is 2.07. The number of likely N-dealkylation sites (N-methyl/N-ethyl adjacent to an activating group) is 1. The maximum Gasteiger partial charge on any atom is 0.225 e. The summed E-state index contributed by atoms with van der Waals surface area (Å²) < 4.78 is 5.78. The highest BCUT2D eigenvalue weighted by Crippen LogP contribution is 2.20. The van der Waals surface area contributed by atoms with Gasteiger partial charge in [-0.05, 0) is 32.0 Å². The molecule has 0 aliphatic carbocycles. The van der Waals surface area contributed by atoms with Gasteiger partial charge in [0.05, 0.1) is 0 Å². The Labute approximate surface area is 94.2 Å². The van der Waals surface area contributed by atoms with Crippen molar-refractivity contribution in [1.29, 1.82) is 0 Å². The molecule has 1 aromatic rings. The van der Waals surface area contributed by atoms with Crippen LogP contribution in [0, 0.1) is 6.92 Å². The fraction of sp³-hybridized carbons (Fsp3) is 0.600. The first kappa shape index (κ1) is 10.6. The van der Waals surface area contributed by atoms with E-state index in [4.69, 9.17) is 16.3 Å². The van der Waals surface area contributed by atoms with Crippen LogP contribution in [0.2, 0.25) is 5.28 Å². The van der Waals surface area contributed by atoms with Crippen LogP contribution in [0.5, 0.6) is 5.88 Å². The molecule has 2 heterocycles. The number of likely N-dealkylation sites (tertiary alicyclic amines) is 1. The van der Waals surface area contributed by atoms with Gasteiger partial charge in [-0.25, -0.2) is 4.98 Å². The molecule has 0 spiro atoms. The van der Waals surface area contributed by atoms with E-state index in [9.17, 15) is 0 Å². The molecule has 1 aromatic heterocycles. The highest BCUT2D eigenvalue weighted by Gasteiger charge is 2.22. The van der Waals surface area contributed by atoms with E-state index in [0.29, 0.717) is 5.88 Å². The van der Waals surface area contributed by atoms with Gasteiger partial charge in [0, 0.05) is 24.8 Å². The van der Waals surface area contributed by atoms with Crippen molar-refractivity contribution in [3.63, 3.8) is 0 Å². The Hall–Kier alpha value is -0.870. The van der Waals surface area contributed by atoms with Gasteiger partial charge in [0.1, 0.15) is 6.10 Å². The van der Waals surface area contributed by atoms with Crippen molar-refractivity contribution >= 4 is 11.6 Å². The van der Waals surface area contributed by atoms with E-state index in [2.05, 4.69) is 21.9 Å². The lowest BCUT2D eigenvalue weighted by atomic mass is 10.3. The van der Waals surface area contributed by atoms with Gasteiger partial charge < -0.3 is 9.64 Å². The molecule has 1 fully saturated rings. The minimum absolute atomic E-state index is 0.222. The predicted molar refractivity (Wildman–Crippen MR) is 58.3 cm³/mol. The quantitative estimate of drug-likeness (QED) is 0.719. The Kier molecular flexibility index (Phi) is 3.07. The zero-order chi connectivity index (χ0) is 10.8. The molecule has 5 heteroatoms. The molecule has 1 aliphatic rings. The number of rotatable bonds is 2. The molecule has 15 heavy (non-hydrogen) atoms. The summed E-state index contributed by atoms with van der Waals surface area (Å²) >= 11 is 5.72. The van der Waals surface area contributed by atoms with Gasteiger partial charge in [-0.3, -0.25) is 0 Å². The maximum absolute atomic E-state index is 5.78. The Morgan fingerprint density at radius 1 is 1.60 bits per heavy atom. The van der Waals surface area contributed by atoms with E-state index >= 15 is 0 Å². The van der Waals surface area contributed by atoms with Crippen LogP contribution >= 0.6 is 11.6 Å². The fourth-order valence-electron chi connectivity index (χ4n) is 1.67. The molecular formula is C10H14ClN3O. The first-order chi connectivity index (χ1) is 7.15. The lowest BCUT2D eigenvalue weighted by molar-refractivity contribution is 0.198. The number of aryl methyl sites for hydroxylation is 1. The number of halogens is 1. The van der Waals surface area contributed by atoms with Crippen LogP contribution in [-0.2, 0) is 0 Å². The Morgan fingerprint density at radius 3 is 3.07 bits per heavy atom. The minimum Gasteiger partial charge on any atom is -0.473 e. The summed E-state index contributed by atoms with van der Waals surface area (Å²) in [6.07, 6.45) is 2.95. The molecule has 0 radical (unpaired) electrons. The average molecular weight is 228 g/mol. The van der Waals surface area contributed by atoms with Gasteiger partial charge in [-0.15, -0.1) is 0 Å². The lowest BCUT2D eigenvalue weighted by Gasteiger charge is -2.14. The van der Waals surface area contributed by atoms with E-state index in [0.717, 1.165) is 25.1 Å². The number of ether oxygens (including phenoxy) is 1. The summed E-state index contributed by atoms with van der Waals surface area (Å²) in [5.74, 6) is 0.607.